The first-order valence-corrected chi connectivity index (χ1v) is 6.90. The Kier molecular flexibility index (Phi) is 4.90. The van der Waals surface area contributed by atoms with Gasteiger partial charge >= 0.3 is 0 Å². The third-order valence-corrected chi connectivity index (χ3v) is 3.15. The smallest absolute Gasteiger partial charge is 0.115 e. The predicted molar refractivity (Wildman–Crippen MR) is 77.0 cm³/mol. The van der Waals surface area contributed by atoms with Gasteiger partial charge in [-0.05, 0) is 37.1 Å². The van der Waals surface area contributed by atoms with Crippen molar-refractivity contribution in [3.63, 3.8) is 0 Å². The van der Waals surface area contributed by atoms with E-state index in [0.29, 0.717) is 0 Å². The lowest BCUT2D eigenvalue weighted by Gasteiger charge is -2.03. The normalized spacial score (nSPS) is 10.6. The van der Waals surface area contributed by atoms with Crippen molar-refractivity contribution >= 4 is 0 Å². The van der Waals surface area contributed by atoms with Crippen molar-refractivity contribution in [1.82, 2.24) is 9.97 Å². The molecule has 100 valence electrons. The molecule has 3 heteroatoms. The quantitative estimate of drug-likeness (QED) is 0.795. The van der Waals surface area contributed by atoms with Gasteiger partial charge in [0.1, 0.15) is 5.75 Å². The largest absolute Gasteiger partial charge is 0.508 e. The first-order valence-electron chi connectivity index (χ1n) is 6.90. The maximum Gasteiger partial charge on any atom is 0.115 e. The van der Waals surface area contributed by atoms with Crippen molar-refractivity contribution < 1.29 is 5.11 Å². The summed E-state index contributed by atoms with van der Waals surface area (Å²) in [6, 6.07) is 7.02. The van der Waals surface area contributed by atoms with Gasteiger partial charge in [-0.3, -0.25) is 9.97 Å². The van der Waals surface area contributed by atoms with Crippen LogP contribution >= 0.6 is 0 Å². The van der Waals surface area contributed by atoms with E-state index in [0.717, 1.165) is 23.4 Å². The second-order valence-corrected chi connectivity index (χ2v) is 4.75. The molecule has 3 nitrogen and oxygen atoms in total. The van der Waals surface area contributed by atoms with Crippen LogP contribution in [0.4, 0.5) is 0 Å². The molecule has 19 heavy (non-hydrogen) atoms. The Labute approximate surface area is 114 Å². The van der Waals surface area contributed by atoms with E-state index >= 15 is 0 Å². The molecule has 0 aliphatic carbocycles. The lowest BCUT2D eigenvalue weighted by Crippen LogP contribution is -1.93. The molecule has 0 bridgehead atoms. The number of hydrogen-bond donors (Lipinski definition) is 1. The SMILES string of the molecule is CCCCCCc1cnc(-c2ccc(O)cc2)cn1. The molecular weight excluding hydrogens is 236 g/mol. The zero-order chi connectivity index (χ0) is 13.5. The molecule has 0 amide bonds. The standard InChI is InChI=1S/C16H20N2O/c1-2-3-4-5-6-14-11-18-16(12-17-14)13-7-9-15(19)10-8-13/h7-12,19H,2-6H2,1H3. The molecule has 0 radical (unpaired) electrons. The molecule has 1 aromatic carbocycles. The van der Waals surface area contributed by atoms with Crippen LogP contribution in [-0.2, 0) is 6.42 Å². The average Bonchev–Trinajstić information content (AvgIpc) is 2.45. The van der Waals surface area contributed by atoms with Gasteiger partial charge in [0.05, 0.1) is 17.6 Å². The third kappa shape index (κ3) is 4.05. The Morgan fingerprint density at radius 2 is 1.74 bits per heavy atom. The van der Waals surface area contributed by atoms with Crippen LogP contribution < -0.4 is 0 Å². The van der Waals surface area contributed by atoms with Gasteiger partial charge in [-0.2, -0.15) is 0 Å². The second-order valence-electron chi connectivity index (χ2n) is 4.75. The molecule has 2 rings (SSSR count). The summed E-state index contributed by atoms with van der Waals surface area (Å²) in [6.45, 7) is 2.21. The molecule has 0 unspecified atom stereocenters. The lowest BCUT2D eigenvalue weighted by atomic mass is 10.1. The molecule has 1 N–H and O–H groups in total. The van der Waals surface area contributed by atoms with Gasteiger partial charge in [0.15, 0.2) is 0 Å². The molecule has 2 aromatic rings. The Morgan fingerprint density at radius 3 is 2.37 bits per heavy atom. The molecule has 0 aliphatic rings. The zero-order valence-electron chi connectivity index (χ0n) is 11.3. The molecule has 0 spiro atoms. The first kappa shape index (κ1) is 13.5. The average molecular weight is 256 g/mol. The van der Waals surface area contributed by atoms with Crippen LogP contribution in [0.5, 0.6) is 5.75 Å². The van der Waals surface area contributed by atoms with E-state index < -0.39 is 0 Å². The minimum Gasteiger partial charge on any atom is -0.508 e. The van der Waals surface area contributed by atoms with Gasteiger partial charge in [0.25, 0.3) is 0 Å². The van der Waals surface area contributed by atoms with Gasteiger partial charge in [0.2, 0.25) is 0 Å². The summed E-state index contributed by atoms with van der Waals surface area (Å²) in [5.74, 6) is 0.268. The van der Waals surface area contributed by atoms with E-state index in [9.17, 15) is 5.11 Å². The van der Waals surface area contributed by atoms with Crippen LogP contribution in [0.1, 0.15) is 38.3 Å². The van der Waals surface area contributed by atoms with Gasteiger partial charge in [0, 0.05) is 11.8 Å². The number of aromatic nitrogens is 2. The van der Waals surface area contributed by atoms with E-state index in [4.69, 9.17) is 0 Å². The summed E-state index contributed by atoms with van der Waals surface area (Å²) in [6.07, 6.45) is 9.65. The summed E-state index contributed by atoms with van der Waals surface area (Å²) in [7, 11) is 0. The summed E-state index contributed by atoms with van der Waals surface area (Å²) in [4.78, 5) is 8.88. The van der Waals surface area contributed by atoms with Crippen molar-refractivity contribution in [2.75, 3.05) is 0 Å². The molecule has 0 saturated carbocycles. The van der Waals surface area contributed by atoms with Crippen molar-refractivity contribution in [3.8, 4) is 17.0 Å². The molecule has 1 aromatic heterocycles. The minimum atomic E-state index is 0.268. The van der Waals surface area contributed by atoms with E-state index in [-0.39, 0.29) is 5.75 Å². The predicted octanol–water partition coefficient (Wildman–Crippen LogP) is 3.97. The third-order valence-electron chi connectivity index (χ3n) is 3.15. The van der Waals surface area contributed by atoms with E-state index in [1.54, 1.807) is 12.1 Å². The Morgan fingerprint density at radius 1 is 0.947 bits per heavy atom. The van der Waals surface area contributed by atoms with Crippen molar-refractivity contribution in [2.24, 2.45) is 0 Å². The number of rotatable bonds is 6. The topological polar surface area (TPSA) is 46.0 Å². The van der Waals surface area contributed by atoms with Crippen LogP contribution in [-0.4, -0.2) is 15.1 Å². The zero-order valence-corrected chi connectivity index (χ0v) is 11.3. The van der Waals surface area contributed by atoms with Crippen molar-refractivity contribution in [1.29, 1.82) is 0 Å². The maximum atomic E-state index is 9.25. The first-order chi connectivity index (χ1) is 9.29. The van der Waals surface area contributed by atoms with Crippen molar-refractivity contribution in [3.05, 3.63) is 42.4 Å². The highest BCUT2D eigenvalue weighted by atomic mass is 16.3. The number of phenolic OH excluding ortho intramolecular Hbond substituents is 1. The fourth-order valence-electron chi connectivity index (χ4n) is 2.00. The number of unbranched alkanes of at least 4 members (excludes halogenated alkanes) is 3. The molecule has 1 heterocycles. The van der Waals surface area contributed by atoms with Crippen LogP contribution in [0.15, 0.2) is 36.7 Å². The highest BCUT2D eigenvalue weighted by Gasteiger charge is 2.01. The summed E-state index contributed by atoms with van der Waals surface area (Å²) in [5, 5.41) is 9.25. The highest BCUT2D eigenvalue weighted by Crippen LogP contribution is 2.19. The number of nitrogens with zero attached hydrogens (tertiary/aromatic N) is 2. The monoisotopic (exact) mass is 256 g/mol. The molecule has 0 saturated heterocycles. The fraction of sp³-hybridized carbons (Fsp3) is 0.375. The Bertz CT molecular complexity index is 491. The number of phenols is 1. The maximum absolute atomic E-state index is 9.25. The van der Waals surface area contributed by atoms with Gasteiger partial charge in [-0.1, -0.05) is 26.2 Å². The molecule has 0 aliphatic heterocycles. The van der Waals surface area contributed by atoms with Gasteiger partial charge in [-0.15, -0.1) is 0 Å². The summed E-state index contributed by atoms with van der Waals surface area (Å²) in [5.41, 5.74) is 2.87. The Hall–Kier alpha value is -1.90. The Balaban J connectivity index is 1.96. The minimum absolute atomic E-state index is 0.268. The van der Waals surface area contributed by atoms with E-state index in [1.165, 1.54) is 25.7 Å². The van der Waals surface area contributed by atoms with Gasteiger partial charge in [-0.25, -0.2) is 0 Å². The van der Waals surface area contributed by atoms with Crippen LogP contribution in [0.3, 0.4) is 0 Å². The van der Waals surface area contributed by atoms with Crippen LogP contribution in [0, 0.1) is 0 Å². The number of aromatic hydroxyl groups is 1. The molecular formula is C16H20N2O. The number of benzene rings is 1. The summed E-state index contributed by atoms with van der Waals surface area (Å²) >= 11 is 0. The van der Waals surface area contributed by atoms with Gasteiger partial charge < -0.3 is 5.11 Å². The lowest BCUT2D eigenvalue weighted by molar-refractivity contribution is 0.475. The van der Waals surface area contributed by atoms with E-state index in [2.05, 4.69) is 16.9 Å². The molecule has 0 atom stereocenters. The van der Waals surface area contributed by atoms with Crippen molar-refractivity contribution in [2.45, 2.75) is 39.0 Å². The second kappa shape index (κ2) is 6.88. The van der Waals surface area contributed by atoms with E-state index in [1.807, 2.05) is 24.5 Å². The fourth-order valence-corrected chi connectivity index (χ4v) is 2.00. The number of aryl methyl sites for hydroxylation is 1. The highest BCUT2D eigenvalue weighted by molar-refractivity contribution is 5.58. The van der Waals surface area contributed by atoms with Crippen LogP contribution in [0.2, 0.25) is 0 Å². The molecule has 0 fully saturated rings. The van der Waals surface area contributed by atoms with Crippen LogP contribution in [0.25, 0.3) is 11.3 Å². The summed E-state index contributed by atoms with van der Waals surface area (Å²) < 4.78 is 0. The number of hydrogen-bond acceptors (Lipinski definition) is 3.